The van der Waals surface area contributed by atoms with Crippen molar-refractivity contribution in [2.24, 2.45) is 0 Å². The van der Waals surface area contributed by atoms with Crippen molar-refractivity contribution in [3.8, 4) is 12.1 Å². The number of rotatable bonds is 1. The minimum Gasteiger partial charge on any atom is -0.378 e. The van der Waals surface area contributed by atoms with Crippen LogP contribution in [0, 0.1) is 22.7 Å². The molecule has 86 valence electrons. The van der Waals surface area contributed by atoms with E-state index in [0.29, 0.717) is 0 Å². The van der Waals surface area contributed by atoms with E-state index in [9.17, 15) is 13.2 Å². The lowest BCUT2D eigenvalue weighted by Crippen LogP contribution is -2.41. The van der Waals surface area contributed by atoms with Gasteiger partial charge in [-0.15, -0.1) is 0 Å². The van der Waals surface area contributed by atoms with Crippen molar-refractivity contribution in [3.63, 3.8) is 0 Å². The quantitative estimate of drug-likeness (QED) is 0.636. The van der Waals surface area contributed by atoms with Gasteiger partial charge in [0.05, 0.1) is 13.2 Å². The van der Waals surface area contributed by atoms with Crippen molar-refractivity contribution >= 4 is 0 Å². The van der Waals surface area contributed by atoms with E-state index in [4.69, 9.17) is 15.3 Å². The third-order valence-electron chi connectivity index (χ3n) is 2.06. The fraction of sp³-hybridized carbons (Fsp3) is 0.556. The summed E-state index contributed by atoms with van der Waals surface area (Å²) in [6.07, 6.45) is -4.70. The van der Waals surface area contributed by atoms with E-state index >= 15 is 0 Å². The Morgan fingerprint density at radius 2 is 1.62 bits per heavy atom. The van der Waals surface area contributed by atoms with Crippen LogP contribution in [0.15, 0.2) is 11.3 Å². The van der Waals surface area contributed by atoms with Gasteiger partial charge in [0, 0.05) is 13.1 Å². The number of allylic oxidation sites excluding steroid dienone is 2. The van der Waals surface area contributed by atoms with Crippen LogP contribution in [-0.2, 0) is 4.74 Å². The van der Waals surface area contributed by atoms with Gasteiger partial charge < -0.3 is 9.64 Å². The van der Waals surface area contributed by atoms with Crippen molar-refractivity contribution in [1.82, 2.24) is 4.90 Å². The number of alkyl halides is 3. The Bertz CT molecular complexity index is 353. The fourth-order valence-corrected chi connectivity index (χ4v) is 1.40. The molecular formula is C9H8F3N3O. The second-order valence-corrected chi connectivity index (χ2v) is 3.04. The minimum absolute atomic E-state index is 0.0295. The van der Waals surface area contributed by atoms with Gasteiger partial charge in [0.25, 0.3) is 0 Å². The summed E-state index contributed by atoms with van der Waals surface area (Å²) in [4.78, 5) is 0.964. The number of morpholine rings is 1. The van der Waals surface area contributed by atoms with E-state index in [1.165, 1.54) is 12.1 Å². The molecule has 0 aromatic heterocycles. The van der Waals surface area contributed by atoms with Gasteiger partial charge in [-0.2, -0.15) is 23.7 Å². The summed E-state index contributed by atoms with van der Waals surface area (Å²) >= 11 is 0. The van der Waals surface area contributed by atoms with Crippen molar-refractivity contribution in [1.29, 1.82) is 10.5 Å². The summed E-state index contributed by atoms with van der Waals surface area (Å²) in [5.41, 5.74) is -2.07. The smallest absolute Gasteiger partial charge is 0.378 e. The summed E-state index contributed by atoms with van der Waals surface area (Å²) in [6.45, 7) is 0.372. The van der Waals surface area contributed by atoms with Crippen LogP contribution in [0.1, 0.15) is 0 Å². The van der Waals surface area contributed by atoms with Crippen LogP contribution in [0.5, 0.6) is 0 Å². The number of nitrogens with zero attached hydrogens (tertiary/aromatic N) is 3. The van der Waals surface area contributed by atoms with Gasteiger partial charge in [-0.3, -0.25) is 0 Å². The molecule has 1 fully saturated rings. The van der Waals surface area contributed by atoms with E-state index < -0.39 is 17.4 Å². The van der Waals surface area contributed by atoms with E-state index in [-0.39, 0.29) is 26.3 Å². The van der Waals surface area contributed by atoms with E-state index in [2.05, 4.69) is 0 Å². The molecule has 1 aliphatic heterocycles. The summed E-state index contributed by atoms with van der Waals surface area (Å²) in [7, 11) is 0. The number of hydrogen-bond acceptors (Lipinski definition) is 4. The van der Waals surface area contributed by atoms with Crippen LogP contribution in [-0.4, -0.2) is 37.4 Å². The molecule has 0 unspecified atom stereocenters. The Morgan fingerprint density at radius 1 is 1.12 bits per heavy atom. The molecule has 16 heavy (non-hydrogen) atoms. The molecule has 7 heteroatoms. The molecule has 1 aliphatic rings. The molecule has 4 nitrogen and oxygen atoms in total. The number of halogens is 3. The zero-order valence-electron chi connectivity index (χ0n) is 8.21. The highest BCUT2D eigenvalue weighted by molar-refractivity contribution is 5.41. The zero-order chi connectivity index (χ0) is 12.2. The highest BCUT2D eigenvalue weighted by Gasteiger charge is 2.41. The van der Waals surface area contributed by atoms with Crippen molar-refractivity contribution in [3.05, 3.63) is 11.3 Å². The molecule has 0 aromatic carbocycles. The summed E-state index contributed by atoms with van der Waals surface area (Å²) < 4.78 is 43.0. The minimum atomic E-state index is -4.70. The van der Waals surface area contributed by atoms with E-state index in [1.807, 2.05) is 0 Å². The van der Waals surface area contributed by atoms with E-state index in [0.717, 1.165) is 4.90 Å². The molecule has 0 bridgehead atoms. The third kappa shape index (κ3) is 2.65. The maximum absolute atomic E-state index is 12.7. The maximum Gasteiger partial charge on any atom is 0.433 e. The molecule has 0 amide bonds. The second kappa shape index (κ2) is 4.86. The Kier molecular flexibility index (Phi) is 3.75. The van der Waals surface area contributed by atoms with Gasteiger partial charge in [0.1, 0.15) is 17.8 Å². The third-order valence-corrected chi connectivity index (χ3v) is 2.06. The van der Waals surface area contributed by atoms with Crippen LogP contribution in [0.3, 0.4) is 0 Å². The van der Waals surface area contributed by atoms with Gasteiger partial charge in [0.2, 0.25) is 0 Å². The summed E-state index contributed by atoms with van der Waals surface area (Å²) in [6, 6.07) is 2.54. The first-order chi connectivity index (χ1) is 7.50. The predicted octanol–water partition coefficient (Wildman–Crippen LogP) is 1.18. The van der Waals surface area contributed by atoms with Crippen LogP contribution in [0.25, 0.3) is 0 Å². The van der Waals surface area contributed by atoms with Gasteiger partial charge >= 0.3 is 6.18 Å². The maximum atomic E-state index is 12.7. The normalized spacial score (nSPS) is 16.2. The van der Waals surface area contributed by atoms with Crippen LogP contribution in [0.4, 0.5) is 13.2 Å². The Balaban J connectivity index is 3.11. The van der Waals surface area contributed by atoms with Gasteiger partial charge in [-0.1, -0.05) is 0 Å². The Morgan fingerprint density at radius 3 is 2.00 bits per heavy atom. The molecule has 0 aliphatic carbocycles. The molecule has 0 spiro atoms. The van der Waals surface area contributed by atoms with Crippen molar-refractivity contribution in [2.75, 3.05) is 26.3 Å². The first kappa shape index (κ1) is 12.3. The number of ether oxygens (including phenoxy) is 1. The Labute approximate surface area is 90.1 Å². The van der Waals surface area contributed by atoms with Crippen LogP contribution >= 0.6 is 0 Å². The van der Waals surface area contributed by atoms with Gasteiger partial charge in [-0.25, -0.2) is 0 Å². The fourth-order valence-electron chi connectivity index (χ4n) is 1.40. The molecule has 0 atom stereocenters. The lowest BCUT2D eigenvalue weighted by Gasteiger charge is -2.31. The molecule has 0 saturated carbocycles. The van der Waals surface area contributed by atoms with Crippen LogP contribution in [0.2, 0.25) is 0 Å². The number of hydrogen-bond donors (Lipinski definition) is 0. The van der Waals surface area contributed by atoms with Crippen LogP contribution < -0.4 is 0 Å². The zero-order valence-corrected chi connectivity index (χ0v) is 8.21. The summed E-state index contributed by atoms with van der Waals surface area (Å²) in [5.74, 6) is 0. The first-order valence-corrected chi connectivity index (χ1v) is 4.45. The summed E-state index contributed by atoms with van der Waals surface area (Å²) in [5, 5.41) is 17.0. The first-order valence-electron chi connectivity index (χ1n) is 4.45. The van der Waals surface area contributed by atoms with Gasteiger partial charge in [0.15, 0.2) is 5.57 Å². The number of nitriles is 2. The average Bonchev–Trinajstić information content (AvgIpc) is 2.25. The highest BCUT2D eigenvalue weighted by Crippen LogP contribution is 2.31. The Hall–Kier alpha value is -1.73. The lowest BCUT2D eigenvalue weighted by molar-refractivity contribution is -0.118. The van der Waals surface area contributed by atoms with Crippen molar-refractivity contribution in [2.45, 2.75) is 6.18 Å². The predicted molar refractivity (Wildman–Crippen MR) is 46.7 cm³/mol. The lowest BCUT2D eigenvalue weighted by atomic mass is 10.2. The molecule has 0 radical (unpaired) electrons. The molecule has 0 aromatic rings. The monoisotopic (exact) mass is 231 g/mol. The highest BCUT2D eigenvalue weighted by atomic mass is 19.4. The standard InChI is InChI=1S/C9H8F3N3O/c10-9(11,12)8(7(5-13)6-14)15-1-3-16-4-2-15/h1-4H2. The molecule has 1 saturated heterocycles. The largest absolute Gasteiger partial charge is 0.433 e. The molecular weight excluding hydrogens is 223 g/mol. The topological polar surface area (TPSA) is 60.0 Å². The van der Waals surface area contributed by atoms with Crippen molar-refractivity contribution < 1.29 is 17.9 Å². The molecule has 0 N–H and O–H groups in total. The molecule has 1 heterocycles. The average molecular weight is 231 g/mol. The van der Waals surface area contributed by atoms with E-state index in [1.54, 1.807) is 0 Å². The molecule has 1 rings (SSSR count). The van der Waals surface area contributed by atoms with Gasteiger partial charge in [-0.05, 0) is 0 Å². The SMILES string of the molecule is N#CC(C#N)=C(N1CCOCC1)C(F)(F)F. The second-order valence-electron chi connectivity index (χ2n) is 3.04.